The molecule has 0 aliphatic carbocycles. The van der Waals surface area contributed by atoms with Crippen molar-refractivity contribution in [1.82, 2.24) is 4.90 Å². The second kappa shape index (κ2) is 8.99. The van der Waals surface area contributed by atoms with Gasteiger partial charge in [0.25, 0.3) is 5.91 Å². The maximum absolute atomic E-state index is 12.3. The highest BCUT2D eigenvalue weighted by Crippen LogP contribution is 2.29. The van der Waals surface area contributed by atoms with Gasteiger partial charge in [-0.15, -0.1) is 0 Å². The van der Waals surface area contributed by atoms with Crippen molar-refractivity contribution in [2.45, 2.75) is 19.2 Å². The van der Waals surface area contributed by atoms with Crippen molar-refractivity contribution < 1.29 is 27.4 Å². The topological polar surface area (TPSA) is 38.8 Å². The van der Waals surface area contributed by atoms with Crippen molar-refractivity contribution in [2.24, 2.45) is 0 Å². The van der Waals surface area contributed by atoms with E-state index in [-0.39, 0.29) is 12.2 Å². The molecule has 2 aromatic carbocycles. The Labute approximate surface area is 160 Å². The number of halogens is 4. The van der Waals surface area contributed by atoms with Crippen LogP contribution in [-0.2, 0) is 6.61 Å². The average Bonchev–Trinajstić information content (AvgIpc) is 2.64. The van der Waals surface area contributed by atoms with Crippen LogP contribution in [0.2, 0.25) is 5.02 Å². The molecule has 2 rings (SSSR count). The van der Waals surface area contributed by atoms with Crippen LogP contribution in [0.4, 0.5) is 13.2 Å². The number of hydrogen-bond acceptors (Lipinski definition) is 3. The lowest BCUT2D eigenvalue weighted by atomic mass is 10.1. The third-order valence-corrected chi connectivity index (χ3v) is 4.05. The molecule has 0 spiro atoms. The van der Waals surface area contributed by atoms with E-state index in [1.54, 1.807) is 18.2 Å². The highest BCUT2D eigenvalue weighted by atomic mass is 35.5. The van der Waals surface area contributed by atoms with Gasteiger partial charge in [-0.05, 0) is 35.9 Å². The molecule has 2 aromatic rings. The molecule has 0 N–H and O–H groups in total. The first-order chi connectivity index (χ1) is 12.7. The third kappa shape index (κ3) is 6.36. The molecule has 0 saturated carbocycles. The van der Waals surface area contributed by atoms with Crippen molar-refractivity contribution in [2.75, 3.05) is 20.7 Å². The number of nitrogens with zero attached hydrogens (tertiary/aromatic N) is 1. The Kier molecular flexibility index (Phi) is 6.96. The first kappa shape index (κ1) is 20.9. The van der Waals surface area contributed by atoms with E-state index >= 15 is 0 Å². The van der Waals surface area contributed by atoms with E-state index in [2.05, 4.69) is 0 Å². The summed E-state index contributed by atoms with van der Waals surface area (Å²) >= 11 is 5.84. The Bertz CT molecular complexity index is 779. The molecule has 0 fully saturated rings. The lowest BCUT2D eigenvalue weighted by Gasteiger charge is -2.19. The van der Waals surface area contributed by atoms with Crippen LogP contribution in [0.15, 0.2) is 42.5 Å². The zero-order valence-corrected chi connectivity index (χ0v) is 15.6. The fourth-order valence-electron chi connectivity index (χ4n) is 2.28. The number of benzene rings is 2. The van der Waals surface area contributed by atoms with Gasteiger partial charge in [-0.2, -0.15) is 13.2 Å². The molecule has 0 aliphatic heterocycles. The maximum atomic E-state index is 12.3. The van der Waals surface area contributed by atoms with Crippen molar-refractivity contribution in [3.05, 3.63) is 58.6 Å². The first-order valence-corrected chi connectivity index (χ1v) is 8.45. The minimum absolute atomic E-state index is 0.218. The van der Waals surface area contributed by atoms with Crippen LogP contribution in [0.5, 0.6) is 11.5 Å². The summed E-state index contributed by atoms with van der Waals surface area (Å²) in [6.07, 6.45) is -5.37. The summed E-state index contributed by atoms with van der Waals surface area (Å²) in [4.78, 5) is 13.3. The number of methoxy groups -OCH3 is 1. The Hall–Kier alpha value is -2.41. The van der Waals surface area contributed by atoms with Gasteiger partial charge >= 0.3 is 6.18 Å². The van der Waals surface area contributed by atoms with E-state index in [4.69, 9.17) is 21.1 Å². The molecule has 0 saturated heterocycles. The minimum Gasteiger partial charge on any atom is -0.493 e. The van der Waals surface area contributed by atoms with Crippen LogP contribution in [0.1, 0.15) is 22.3 Å². The maximum Gasteiger partial charge on any atom is 0.390 e. The smallest absolute Gasteiger partial charge is 0.390 e. The second-order valence-electron chi connectivity index (χ2n) is 5.87. The van der Waals surface area contributed by atoms with E-state index in [1.807, 2.05) is 12.1 Å². The summed E-state index contributed by atoms with van der Waals surface area (Å²) in [5.74, 6) is 0.211. The lowest BCUT2D eigenvalue weighted by molar-refractivity contribution is -0.136. The predicted molar refractivity (Wildman–Crippen MR) is 96.4 cm³/mol. The summed E-state index contributed by atoms with van der Waals surface area (Å²) in [6.45, 7) is -0.147. The number of amides is 1. The molecule has 146 valence electrons. The standard InChI is InChI=1S/C19H19ClF3NO3/c1-24(10-9-19(21,22)23)18(25)14-5-8-16(17(11-14)26-2)27-12-13-3-6-15(20)7-4-13/h3-8,11H,9-10,12H2,1-2H3. The van der Waals surface area contributed by atoms with Crippen molar-refractivity contribution in [1.29, 1.82) is 0 Å². The van der Waals surface area contributed by atoms with Gasteiger partial charge in [-0.3, -0.25) is 4.79 Å². The van der Waals surface area contributed by atoms with Gasteiger partial charge in [-0.25, -0.2) is 0 Å². The third-order valence-electron chi connectivity index (χ3n) is 3.80. The fraction of sp³-hybridized carbons (Fsp3) is 0.316. The van der Waals surface area contributed by atoms with E-state index in [9.17, 15) is 18.0 Å². The largest absolute Gasteiger partial charge is 0.493 e. The molecule has 0 heterocycles. The van der Waals surface area contributed by atoms with E-state index in [1.165, 1.54) is 26.3 Å². The molecule has 0 atom stereocenters. The van der Waals surface area contributed by atoms with Crippen LogP contribution in [0.3, 0.4) is 0 Å². The molecule has 4 nitrogen and oxygen atoms in total. The fourth-order valence-corrected chi connectivity index (χ4v) is 2.40. The van der Waals surface area contributed by atoms with Crippen LogP contribution in [-0.4, -0.2) is 37.7 Å². The van der Waals surface area contributed by atoms with Gasteiger partial charge in [0, 0.05) is 24.2 Å². The Balaban J connectivity index is 2.06. The minimum atomic E-state index is -4.31. The van der Waals surface area contributed by atoms with Crippen LogP contribution >= 0.6 is 11.6 Å². The molecule has 0 bridgehead atoms. The zero-order valence-electron chi connectivity index (χ0n) is 14.8. The van der Waals surface area contributed by atoms with Crippen molar-refractivity contribution in [3.63, 3.8) is 0 Å². The molecule has 0 unspecified atom stereocenters. The van der Waals surface area contributed by atoms with Gasteiger partial charge in [-0.1, -0.05) is 23.7 Å². The summed E-state index contributed by atoms with van der Waals surface area (Å²) in [6, 6.07) is 11.6. The monoisotopic (exact) mass is 401 g/mol. The van der Waals surface area contributed by atoms with Gasteiger partial charge in [0.1, 0.15) is 6.61 Å². The molecule has 1 amide bonds. The number of hydrogen-bond donors (Lipinski definition) is 0. The van der Waals surface area contributed by atoms with Crippen LogP contribution < -0.4 is 9.47 Å². The lowest BCUT2D eigenvalue weighted by Crippen LogP contribution is -2.30. The second-order valence-corrected chi connectivity index (χ2v) is 6.31. The normalized spacial score (nSPS) is 11.2. The van der Waals surface area contributed by atoms with Crippen LogP contribution in [0.25, 0.3) is 0 Å². The number of carbonyl (C=O) groups excluding carboxylic acids is 1. The quantitative estimate of drug-likeness (QED) is 0.658. The molecular weight excluding hydrogens is 383 g/mol. The van der Waals surface area contributed by atoms with Gasteiger partial charge in [0.15, 0.2) is 11.5 Å². The summed E-state index contributed by atoms with van der Waals surface area (Å²) < 4.78 is 47.9. The SMILES string of the molecule is COc1cc(C(=O)N(C)CCC(F)(F)F)ccc1OCc1ccc(Cl)cc1. The number of carbonyl (C=O) groups is 1. The summed E-state index contributed by atoms with van der Waals surface area (Å²) in [7, 11) is 2.75. The highest BCUT2D eigenvalue weighted by molar-refractivity contribution is 6.30. The number of rotatable bonds is 7. The molecular formula is C19H19ClF3NO3. The van der Waals surface area contributed by atoms with E-state index in [0.29, 0.717) is 16.5 Å². The van der Waals surface area contributed by atoms with E-state index in [0.717, 1.165) is 10.5 Å². The molecule has 0 aromatic heterocycles. The Morgan fingerprint density at radius 3 is 2.37 bits per heavy atom. The number of ether oxygens (including phenoxy) is 2. The zero-order chi connectivity index (χ0) is 20.0. The highest BCUT2D eigenvalue weighted by Gasteiger charge is 2.28. The summed E-state index contributed by atoms with van der Waals surface area (Å²) in [5.41, 5.74) is 1.11. The Morgan fingerprint density at radius 1 is 1.11 bits per heavy atom. The number of alkyl halides is 3. The molecule has 0 aliphatic rings. The Morgan fingerprint density at radius 2 is 1.78 bits per heavy atom. The van der Waals surface area contributed by atoms with Crippen molar-refractivity contribution >= 4 is 17.5 Å². The first-order valence-electron chi connectivity index (χ1n) is 8.07. The van der Waals surface area contributed by atoms with Crippen molar-refractivity contribution in [3.8, 4) is 11.5 Å². The molecule has 0 radical (unpaired) electrons. The average molecular weight is 402 g/mol. The van der Waals surface area contributed by atoms with Gasteiger partial charge < -0.3 is 14.4 Å². The summed E-state index contributed by atoms with van der Waals surface area (Å²) in [5, 5.41) is 0.619. The predicted octanol–water partition coefficient (Wildman–Crippen LogP) is 4.95. The molecule has 8 heteroatoms. The van der Waals surface area contributed by atoms with Gasteiger partial charge in [0.2, 0.25) is 0 Å². The van der Waals surface area contributed by atoms with Crippen LogP contribution in [0, 0.1) is 0 Å². The van der Waals surface area contributed by atoms with Gasteiger partial charge in [0.05, 0.1) is 13.5 Å². The molecule has 27 heavy (non-hydrogen) atoms. The van der Waals surface area contributed by atoms with E-state index < -0.39 is 25.0 Å².